The standard InChI is InChI=1S/C37H65O7P/c1-3-5-7-9-11-13-15-17-18-20-22-24-26-28-30-32-37(39)44-35(34-43-45(40)41)33-42-36(38)31-29-27-25-23-21-19-16-14-12-10-8-6-4-2/h7,9,13,15,18,20,24,26,35,45H,3-6,8,10-12,14,16-17,19,21-23,25,27-34H2,1-2H3,(H,40,41)/b9-7+,15-13+,20-18+,26-24+. The molecule has 7 nitrogen and oxygen atoms in total. The summed E-state index contributed by atoms with van der Waals surface area (Å²) in [6.07, 6.45) is 39.2. The molecule has 0 aliphatic heterocycles. The minimum absolute atomic E-state index is 0.185. The van der Waals surface area contributed by atoms with Crippen molar-refractivity contribution in [3.05, 3.63) is 48.6 Å². The van der Waals surface area contributed by atoms with Crippen LogP contribution < -0.4 is 0 Å². The van der Waals surface area contributed by atoms with Crippen molar-refractivity contribution in [1.29, 1.82) is 0 Å². The van der Waals surface area contributed by atoms with E-state index in [1.54, 1.807) is 0 Å². The summed E-state index contributed by atoms with van der Waals surface area (Å²) in [5.41, 5.74) is 0. The fourth-order valence-corrected chi connectivity index (χ4v) is 4.98. The van der Waals surface area contributed by atoms with Crippen LogP contribution in [-0.2, 0) is 28.2 Å². The third-order valence-electron chi connectivity index (χ3n) is 7.30. The highest BCUT2D eigenvalue weighted by Crippen LogP contribution is 2.17. The Morgan fingerprint density at radius 2 is 1.04 bits per heavy atom. The van der Waals surface area contributed by atoms with Crippen LogP contribution in [0.15, 0.2) is 48.6 Å². The molecule has 0 spiro atoms. The average Bonchev–Trinajstić information content (AvgIpc) is 3.02. The van der Waals surface area contributed by atoms with E-state index in [2.05, 4.69) is 56.4 Å². The SMILES string of the molecule is CCC/C=C/C/C=C/C/C=C/C/C=C/CCCC(=O)OC(COC(=O)CCCCCCCCCCCCCCC)CO[PH](=O)O. The van der Waals surface area contributed by atoms with Crippen molar-refractivity contribution in [3.8, 4) is 0 Å². The second-order valence-electron chi connectivity index (χ2n) is 11.6. The molecule has 0 aromatic heterocycles. The maximum Gasteiger partial charge on any atom is 0.316 e. The molecule has 1 N–H and O–H groups in total. The molecule has 0 saturated carbocycles. The predicted molar refractivity (Wildman–Crippen MR) is 187 cm³/mol. The van der Waals surface area contributed by atoms with Crippen LogP contribution in [0.25, 0.3) is 0 Å². The Labute approximate surface area is 275 Å². The van der Waals surface area contributed by atoms with Crippen molar-refractivity contribution in [2.24, 2.45) is 0 Å². The van der Waals surface area contributed by atoms with Gasteiger partial charge < -0.3 is 18.9 Å². The zero-order valence-electron chi connectivity index (χ0n) is 28.6. The summed E-state index contributed by atoms with van der Waals surface area (Å²) in [7, 11) is -3.18. The lowest BCUT2D eigenvalue weighted by atomic mass is 10.0. The van der Waals surface area contributed by atoms with Gasteiger partial charge in [-0.3, -0.25) is 14.2 Å². The molecule has 0 aliphatic carbocycles. The number of esters is 2. The van der Waals surface area contributed by atoms with Crippen LogP contribution in [0.4, 0.5) is 0 Å². The van der Waals surface area contributed by atoms with Crippen LogP contribution in [0.2, 0.25) is 0 Å². The van der Waals surface area contributed by atoms with Crippen LogP contribution in [0.1, 0.15) is 155 Å². The second-order valence-corrected chi connectivity index (χ2v) is 12.5. The van der Waals surface area contributed by atoms with E-state index in [1.165, 1.54) is 70.6 Å². The molecule has 45 heavy (non-hydrogen) atoms. The average molecular weight is 653 g/mol. The number of carbonyl (C=O) groups is 2. The molecule has 2 atom stereocenters. The van der Waals surface area contributed by atoms with Gasteiger partial charge in [0.1, 0.15) is 6.61 Å². The van der Waals surface area contributed by atoms with E-state index in [1.807, 2.05) is 6.08 Å². The van der Waals surface area contributed by atoms with Crippen molar-refractivity contribution >= 4 is 20.2 Å². The van der Waals surface area contributed by atoms with E-state index in [-0.39, 0.29) is 25.6 Å². The number of carbonyl (C=O) groups excluding carboxylic acids is 2. The molecule has 2 unspecified atom stereocenters. The third kappa shape index (κ3) is 34.8. The van der Waals surface area contributed by atoms with Crippen molar-refractivity contribution in [3.63, 3.8) is 0 Å². The predicted octanol–water partition coefficient (Wildman–Crippen LogP) is 10.7. The number of rotatable bonds is 32. The first kappa shape index (κ1) is 43.0. The van der Waals surface area contributed by atoms with Gasteiger partial charge in [0.2, 0.25) is 0 Å². The molecule has 0 rings (SSSR count). The molecule has 0 fully saturated rings. The Kier molecular flexibility index (Phi) is 33.4. The van der Waals surface area contributed by atoms with E-state index in [4.69, 9.17) is 18.9 Å². The Morgan fingerprint density at radius 3 is 1.56 bits per heavy atom. The van der Waals surface area contributed by atoms with Crippen LogP contribution in [0.3, 0.4) is 0 Å². The van der Waals surface area contributed by atoms with Gasteiger partial charge in [-0.05, 0) is 44.9 Å². The van der Waals surface area contributed by atoms with Crippen molar-refractivity contribution in [2.75, 3.05) is 13.2 Å². The maximum absolute atomic E-state index is 12.3. The summed E-state index contributed by atoms with van der Waals surface area (Å²) in [4.78, 5) is 33.5. The Balaban J connectivity index is 3.99. The van der Waals surface area contributed by atoms with Crippen molar-refractivity contribution in [1.82, 2.24) is 0 Å². The second kappa shape index (κ2) is 34.9. The normalized spacial score (nSPS) is 13.4. The lowest BCUT2D eigenvalue weighted by molar-refractivity contribution is -0.161. The van der Waals surface area contributed by atoms with E-state index in [0.717, 1.165) is 51.4 Å². The van der Waals surface area contributed by atoms with Gasteiger partial charge in [-0.1, -0.05) is 146 Å². The lowest BCUT2D eigenvalue weighted by Gasteiger charge is -2.17. The minimum atomic E-state index is -3.18. The summed E-state index contributed by atoms with van der Waals surface area (Å²) in [5.74, 6) is -0.802. The van der Waals surface area contributed by atoms with Crippen molar-refractivity contribution < 1.29 is 33.0 Å². The van der Waals surface area contributed by atoms with Gasteiger partial charge in [-0.25, -0.2) is 0 Å². The Bertz CT molecular complexity index is 835. The van der Waals surface area contributed by atoms with E-state index in [0.29, 0.717) is 12.8 Å². The smallest absolute Gasteiger partial charge is 0.316 e. The quantitative estimate of drug-likeness (QED) is 0.0334. The molecule has 0 amide bonds. The van der Waals surface area contributed by atoms with Gasteiger partial charge in [0.15, 0.2) is 6.10 Å². The van der Waals surface area contributed by atoms with Gasteiger partial charge in [0, 0.05) is 12.8 Å². The number of hydrogen-bond donors (Lipinski definition) is 1. The maximum atomic E-state index is 12.3. The summed E-state index contributed by atoms with van der Waals surface area (Å²) in [6.45, 7) is 3.95. The van der Waals surface area contributed by atoms with Crippen molar-refractivity contribution in [2.45, 2.75) is 161 Å². The molecule has 0 heterocycles. The summed E-state index contributed by atoms with van der Waals surface area (Å²) >= 11 is 0. The van der Waals surface area contributed by atoms with Crippen LogP contribution in [0, 0.1) is 0 Å². The topological polar surface area (TPSA) is 99.1 Å². The van der Waals surface area contributed by atoms with Crippen LogP contribution >= 0.6 is 8.25 Å². The zero-order chi connectivity index (χ0) is 33.1. The van der Waals surface area contributed by atoms with E-state index in [9.17, 15) is 14.2 Å². The minimum Gasteiger partial charge on any atom is -0.462 e. The zero-order valence-corrected chi connectivity index (χ0v) is 29.6. The Hall–Kier alpha value is -1.95. The first-order valence-corrected chi connectivity index (χ1v) is 19.1. The van der Waals surface area contributed by atoms with Crippen LogP contribution in [0.5, 0.6) is 0 Å². The van der Waals surface area contributed by atoms with E-state index >= 15 is 0 Å². The van der Waals surface area contributed by atoms with Gasteiger partial charge in [0.05, 0.1) is 6.61 Å². The highest BCUT2D eigenvalue weighted by atomic mass is 31.1. The number of hydrogen-bond acceptors (Lipinski definition) is 6. The molecule has 0 saturated heterocycles. The molecule has 0 aliphatic rings. The Morgan fingerprint density at radius 1 is 0.578 bits per heavy atom. The highest BCUT2D eigenvalue weighted by Gasteiger charge is 2.18. The lowest BCUT2D eigenvalue weighted by Crippen LogP contribution is -2.29. The number of ether oxygens (including phenoxy) is 2. The number of allylic oxidation sites excluding steroid dienone is 8. The van der Waals surface area contributed by atoms with Crippen LogP contribution in [-0.4, -0.2) is 36.1 Å². The summed E-state index contributed by atoms with van der Waals surface area (Å²) < 4.78 is 26.4. The first-order valence-electron chi connectivity index (χ1n) is 17.8. The van der Waals surface area contributed by atoms with Gasteiger partial charge >= 0.3 is 20.2 Å². The molecule has 0 bridgehead atoms. The molecule has 8 heteroatoms. The molecule has 260 valence electrons. The molecular weight excluding hydrogens is 587 g/mol. The highest BCUT2D eigenvalue weighted by molar-refractivity contribution is 7.32. The van der Waals surface area contributed by atoms with Gasteiger partial charge in [-0.15, -0.1) is 0 Å². The molecule has 0 radical (unpaired) electrons. The molecule has 0 aromatic carbocycles. The fourth-order valence-electron chi connectivity index (χ4n) is 4.65. The first-order chi connectivity index (χ1) is 22.0. The summed E-state index contributed by atoms with van der Waals surface area (Å²) in [5, 5.41) is 0. The molecular formula is C37H65O7P. The largest absolute Gasteiger partial charge is 0.462 e. The molecule has 0 aromatic rings. The van der Waals surface area contributed by atoms with Gasteiger partial charge in [0.25, 0.3) is 0 Å². The monoisotopic (exact) mass is 652 g/mol. The fraction of sp³-hybridized carbons (Fsp3) is 0.730. The van der Waals surface area contributed by atoms with Gasteiger partial charge in [-0.2, -0.15) is 0 Å². The van der Waals surface area contributed by atoms with E-state index < -0.39 is 20.3 Å². The number of unbranched alkanes of at least 4 members (excludes halogenated alkanes) is 14. The third-order valence-corrected chi connectivity index (χ3v) is 7.71. The summed E-state index contributed by atoms with van der Waals surface area (Å²) in [6, 6.07) is 0.